The number of hydrogen-bond acceptors (Lipinski definition) is 5. The lowest BCUT2D eigenvalue weighted by atomic mass is 10.0. The van der Waals surface area contributed by atoms with Crippen molar-refractivity contribution in [2.24, 2.45) is 0 Å². The summed E-state index contributed by atoms with van der Waals surface area (Å²) in [6.07, 6.45) is 0.808. The van der Waals surface area contributed by atoms with Crippen molar-refractivity contribution in [1.29, 1.82) is 0 Å². The standard InChI is InChI=1S/C22H15F4NO4/c1-2-31-22(30)14(21(29)13-9-15(23)19(25)20(26)18(13)24)10-27-16-7-11-5-3-4-6-12(11)8-17(16)28/h3-10,27-28H,2H2,1H3/b14-10-. The number of carbonyl (C=O) groups excluding carboxylic acids is 2. The largest absolute Gasteiger partial charge is 0.506 e. The van der Waals surface area contributed by atoms with Gasteiger partial charge in [0.25, 0.3) is 0 Å². The van der Waals surface area contributed by atoms with Gasteiger partial charge in [-0.15, -0.1) is 0 Å². The van der Waals surface area contributed by atoms with Gasteiger partial charge in [0, 0.05) is 6.20 Å². The van der Waals surface area contributed by atoms with Crippen LogP contribution in [-0.2, 0) is 9.53 Å². The topological polar surface area (TPSA) is 75.6 Å². The van der Waals surface area contributed by atoms with Crippen LogP contribution in [-0.4, -0.2) is 23.5 Å². The number of esters is 1. The third-order valence-corrected chi connectivity index (χ3v) is 4.32. The zero-order chi connectivity index (χ0) is 22.7. The highest BCUT2D eigenvalue weighted by atomic mass is 19.2. The molecule has 3 aromatic carbocycles. The molecule has 0 saturated carbocycles. The van der Waals surface area contributed by atoms with Crippen molar-refractivity contribution in [1.82, 2.24) is 0 Å². The minimum absolute atomic E-state index is 0.0882. The summed E-state index contributed by atoms with van der Waals surface area (Å²) >= 11 is 0. The Kier molecular flexibility index (Phi) is 6.24. The minimum atomic E-state index is -2.19. The van der Waals surface area contributed by atoms with Crippen molar-refractivity contribution < 1.29 is 37.0 Å². The molecule has 0 saturated heterocycles. The molecule has 0 aliphatic rings. The molecule has 0 aliphatic carbocycles. The maximum Gasteiger partial charge on any atom is 0.343 e. The number of phenols is 1. The van der Waals surface area contributed by atoms with Crippen molar-refractivity contribution in [2.45, 2.75) is 6.92 Å². The fourth-order valence-corrected chi connectivity index (χ4v) is 2.80. The second kappa shape index (κ2) is 8.86. The van der Waals surface area contributed by atoms with Gasteiger partial charge in [-0.3, -0.25) is 4.79 Å². The third kappa shape index (κ3) is 4.35. The van der Waals surface area contributed by atoms with E-state index in [1.807, 2.05) is 0 Å². The van der Waals surface area contributed by atoms with Gasteiger partial charge in [0.1, 0.15) is 11.3 Å². The predicted molar refractivity (Wildman–Crippen MR) is 105 cm³/mol. The van der Waals surface area contributed by atoms with Crippen LogP contribution in [0.3, 0.4) is 0 Å². The smallest absolute Gasteiger partial charge is 0.343 e. The van der Waals surface area contributed by atoms with Gasteiger partial charge in [-0.2, -0.15) is 0 Å². The van der Waals surface area contributed by atoms with Crippen LogP contribution < -0.4 is 5.32 Å². The normalized spacial score (nSPS) is 11.5. The number of benzene rings is 3. The molecule has 0 aliphatic heterocycles. The number of hydrogen-bond donors (Lipinski definition) is 2. The molecule has 0 heterocycles. The van der Waals surface area contributed by atoms with E-state index in [1.165, 1.54) is 19.1 Å². The summed E-state index contributed by atoms with van der Waals surface area (Å²) in [6.45, 7) is 1.29. The minimum Gasteiger partial charge on any atom is -0.506 e. The summed E-state index contributed by atoms with van der Waals surface area (Å²) in [4.78, 5) is 24.9. The Balaban J connectivity index is 2.04. The van der Waals surface area contributed by atoms with Crippen LogP contribution in [0.4, 0.5) is 23.2 Å². The van der Waals surface area contributed by atoms with Crippen LogP contribution in [0.15, 0.2) is 54.2 Å². The fraction of sp³-hybridized carbons (Fsp3) is 0.0909. The van der Waals surface area contributed by atoms with Crippen molar-refractivity contribution in [3.8, 4) is 5.75 Å². The molecule has 31 heavy (non-hydrogen) atoms. The number of ether oxygens (including phenoxy) is 1. The average Bonchev–Trinajstić information content (AvgIpc) is 2.75. The van der Waals surface area contributed by atoms with Crippen LogP contribution in [0.5, 0.6) is 5.75 Å². The molecule has 0 aromatic heterocycles. The Morgan fingerprint density at radius 3 is 2.29 bits per heavy atom. The molecule has 5 nitrogen and oxygen atoms in total. The van der Waals surface area contributed by atoms with E-state index < -0.39 is 46.2 Å². The first-order valence-electron chi connectivity index (χ1n) is 8.97. The number of halogens is 4. The second-order valence-corrected chi connectivity index (χ2v) is 6.32. The summed E-state index contributed by atoms with van der Waals surface area (Å²) in [5, 5.41) is 14.1. The van der Waals surface area contributed by atoms with E-state index in [0.29, 0.717) is 5.39 Å². The molecule has 2 N–H and O–H groups in total. The number of anilines is 1. The quantitative estimate of drug-likeness (QED) is 0.0670. The number of aromatic hydroxyl groups is 1. The number of Topliss-reactive ketones (excluding diaryl/α,β-unsaturated/α-hetero) is 1. The summed E-state index contributed by atoms with van der Waals surface area (Å²) in [5.74, 6) is -10.9. The average molecular weight is 433 g/mol. The Morgan fingerprint density at radius 2 is 1.65 bits per heavy atom. The molecule has 3 rings (SSSR count). The number of nitrogens with one attached hydrogen (secondary N) is 1. The molecule has 0 fully saturated rings. The molecule has 9 heteroatoms. The van der Waals surface area contributed by atoms with Crippen molar-refractivity contribution in [2.75, 3.05) is 11.9 Å². The molecule has 0 spiro atoms. The van der Waals surface area contributed by atoms with E-state index in [0.717, 1.165) is 11.6 Å². The van der Waals surface area contributed by atoms with Crippen LogP contribution in [0, 0.1) is 23.3 Å². The molecular weight excluding hydrogens is 418 g/mol. The van der Waals surface area contributed by atoms with Gasteiger partial charge in [-0.05, 0) is 35.9 Å². The van der Waals surface area contributed by atoms with Gasteiger partial charge >= 0.3 is 5.97 Å². The molecule has 3 aromatic rings. The van der Waals surface area contributed by atoms with Gasteiger partial charge in [0.2, 0.25) is 5.78 Å². The maximum absolute atomic E-state index is 14.1. The van der Waals surface area contributed by atoms with E-state index >= 15 is 0 Å². The lowest BCUT2D eigenvalue weighted by Gasteiger charge is -2.11. The van der Waals surface area contributed by atoms with Crippen molar-refractivity contribution in [3.63, 3.8) is 0 Å². The van der Waals surface area contributed by atoms with Crippen LogP contribution >= 0.6 is 0 Å². The molecule has 0 amide bonds. The molecular formula is C22H15F4NO4. The van der Waals surface area contributed by atoms with Gasteiger partial charge in [0.05, 0.1) is 17.9 Å². The molecule has 0 radical (unpaired) electrons. The Labute approximate surface area is 173 Å². The Bertz CT molecular complexity index is 1220. The zero-order valence-electron chi connectivity index (χ0n) is 16.0. The monoisotopic (exact) mass is 433 g/mol. The van der Waals surface area contributed by atoms with Gasteiger partial charge in [-0.1, -0.05) is 24.3 Å². The number of carbonyl (C=O) groups is 2. The SMILES string of the molecule is CCOC(=O)/C(=C\Nc1cc2ccccc2cc1O)C(=O)c1cc(F)c(F)c(F)c1F. The molecule has 0 bridgehead atoms. The van der Waals surface area contributed by atoms with Crippen LogP contribution in [0.25, 0.3) is 10.8 Å². The number of ketones is 1. The third-order valence-electron chi connectivity index (χ3n) is 4.32. The Morgan fingerprint density at radius 1 is 1.00 bits per heavy atom. The number of fused-ring (bicyclic) bond motifs is 1. The van der Waals surface area contributed by atoms with Crippen molar-refractivity contribution >= 4 is 28.2 Å². The van der Waals surface area contributed by atoms with Crippen LogP contribution in [0.1, 0.15) is 17.3 Å². The fourth-order valence-electron chi connectivity index (χ4n) is 2.80. The molecule has 160 valence electrons. The van der Waals surface area contributed by atoms with E-state index in [1.54, 1.807) is 24.3 Å². The lowest BCUT2D eigenvalue weighted by molar-refractivity contribution is -0.138. The summed E-state index contributed by atoms with van der Waals surface area (Å²) < 4.78 is 59.1. The Hall–Kier alpha value is -3.88. The van der Waals surface area contributed by atoms with E-state index in [-0.39, 0.29) is 24.1 Å². The van der Waals surface area contributed by atoms with Gasteiger partial charge < -0.3 is 15.2 Å². The summed E-state index contributed by atoms with van der Waals surface area (Å²) in [6, 6.07) is 10.1. The lowest BCUT2D eigenvalue weighted by Crippen LogP contribution is -2.19. The van der Waals surface area contributed by atoms with E-state index in [9.17, 15) is 32.3 Å². The summed E-state index contributed by atoms with van der Waals surface area (Å²) in [7, 11) is 0. The van der Waals surface area contributed by atoms with Gasteiger partial charge in [-0.25, -0.2) is 22.4 Å². The first kappa shape index (κ1) is 21.8. The van der Waals surface area contributed by atoms with Crippen LogP contribution in [0.2, 0.25) is 0 Å². The van der Waals surface area contributed by atoms with E-state index in [4.69, 9.17) is 4.74 Å². The highest BCUT2D eigenvalue weighted by Crippen LogP contribution is 2.30. The second-order valence-electron chi connectivity index (χ2n) is 6.32. The van der Waals surface area contributed by atoms with Gasteiger partial charge in [0.15, 0.2) is 23.3 Å². The first-order chi connectivity index (χ1) is 14.7. The van der Waals surface area contributed by atoms with E-state index in [2.05, 4.69) is 5.32 Å². The van der Waals surface area contributed by atoms with Crippen molar-refractivity contribution in [3.05, 3.63) is 83.1 Å². The molecule has 0 unspecified atom stereocenters. The number of rotatable bonds is 6. The molecule has 0 atom stereocenters. The predicted octanol–water partition coefficient (Wildman–Crippen LogP) is 4.84. The first-order valence-corrected chi connectivity index (χ1v) is 8.97. The highest BCUT2D eigenvalue weighted by molar-refractivity contribution is 6.24. The number of phenolic OH excluding ortho intramolecular Hbond substituents is 1. The zero-order valence-corrected chi connectivity index (χ0v) is 16.0. The highest BCUT2D eigenvalue weighted by Gasteiger charge is 2.28. The summed E-state index contributed by atoms with van der Waals surface area (Å²) in [5.41, 5.74) is -1.93. The maximum atomic E-state index is 14.1.